The Kier molecular flexibility index (Phi) is 4.75. The summed E-state index contributed by atoms with van der Waals surface area (Å²) in [4.78, 5) is 20.1. The highest BCUT2D eigenvalue weighted by atomic mass is 32.2. The van der Waals surface area contributed by atoms with Crippen LogP contribution in [0.1, 0.15) is 19.1 Å². The molecule has 7 nitrogen and oxygen atoms in total. The van der Waals surface area contributed by atoms with Crippen LogP contribution < -0.4 is 10.1 Å². The third-order valence-corrected chi connectivity index (χ3v) is 4.71. The molecule has 1 aromatic carbocycles. The maximum atomic E-state index is 12.4. The van der Waals surface area contributed by atoms with Crippen molar-refractivity contribution in [1.29, 1.82) is 0 Å². The lowest BCUT2D eigenvalue weighted by Gasteiger charge is -2.11. The van der Waals surface area contributed by atoms with E-state index in [9.17, 15) is 4.79 Å². The molecule has 0 saturated heterocycles. The summed E-state index contributed by atoms with van der Waals surface area (Å²) >= 11 is 1.38. The first-order valence-electron chi connectivity index (χ1n) is 7.53. The zero-order valence-electron chi connectivity index (χ0n) is 13.6. The van der Waals surface area contributed by atoms with Gasteiger partial charge in [-0.2, -0.15) is 0 Å². The summed E-state index contributed by atoms with van der Waals surface area (Å²) in [5, 5.41) is 6.94. The summed E-state index contributed by atoms with van der Waals surface area (Å²) in [6.07, 6.45) is 0.660. The molecule has 0 spiro atoms. The lowest BCUT2D eigenvalue weighted by Crippen LogP contribution is -2.24. The molecule has 8 heteroatoms. The number of aromatic nitrogens is 3. The second kappa shape index (κ2) is 6.96. The molecule has 0 radical (unpaired) electrons. The van der Waals surface area contributed by atoms with Crippen molar-refractivity contribution in [3.63, 3.8) is 0 Å². The molecule has 0 aliphatic heterocycles. The molecule has 126 valence electrons. The van der Waals surface area contributed by atoms with Crippen molar-refractivity contribution in [2.45, 2.75) is 30.7 Å². The summed E-state index contributed by atoms with van der Waals surface area (Å²) in [6, 6.07) is 7.30. The predicted octanol–water partition coefficient (Wildman–Crippen LogP) is 3.38. The molecule has 0 unspecified atom stereocenters. The van der Waals surface area contributed by atoms with E-state index in [4.69, 9.17) is 9.26 Å². The SMILES string of the molecule is CC[C@H](Sc1nc2ccc(OC)cc2[nH]1)C(=O)Nc1cc(C)on1. The Hall–Kier alpha value is -2.48. The minimum absolute atomic E-state index is 0.131. The van der Waals surface area contributed by atoms with E-state index in [1.807, 2.05) is 25.1 Å². The largest absolute Gasteiger partial charge is 0.497 e. The molecule has 0 fully saturated rings. The zero-order chi connectivity index (χ0) is 17.1. The van der Waals surface area contributed by atoms with Gasteiger partial charge in [-0.25, -0.2) is 4.98 Å². The number of benzene rings is 1. The number of imidazole rings is 1. The van der Waals surface area contributed by atoms with Gasteiger partial charge in [0.2, 0.25) is 5.91 Å². The van der Waals surface area contributed by atoms with Gasteiger partial charge in [0, 0.05) is 12.1 Å². The normalized spacial score (nSPS) is 12.3. The number of rotatable bonds is 6. The fourth-order valence-corrected chi connectivity index (χ4v) is 3.16. The lowest BCUT2D eigenvalue weighted by atomic mass is 10.3. The van der Waals surface area contributed by atoms with E-state index in [2.05, 4.69) is 20.4 Å². The van der Waals surface area contributed by atoms with Crippen LogP contribution >= 0.6 is 11.8 Å². The Morgan fingerprint density at radius 2 is 2.29 bits per heavy atom. The van der Waals surface area contributed by atoms with E-state index in [0.717, 1.165) is 16.8 Å². The molecule has 0 aliphatic carbocycles. The van der Waals surface area contributed by atoms with Gasteiger partial charge in [0.25, 0.3) is 0 Å². The van der Waals surface area contributed by atoms with Gasteiger partial charge in [0.15, 0.2) is 11.0 Å². The molecule has 0 aliphatic rings. The summed E-state index contributed by atoms with van der Waals surface area (Å²) in [6.45, 7) is 3.73. The first-order valence-corrected chi connectivity index (χ1v) is 8.41. The number of ether oxygens (including phenoxy) is 1. The average molecular weight is 346 g/mol. The highest BCUT2D eigenvalue weighted by molar-refractivity contribution is 8.00. The molecule has 3 aromatic rings. The summed E-state index contributed by atoms with van der Waals surface area (Å²) < 4.78 is 10.2. The van der Waals surface area contributed by atoms with Crippen molar-refractivity contribution in [2.75, 3.05) is 12.4 Å². The number of amides is 1. The Morgan fingerprint density at radius 3 is 2.96 bits per heavy atom. The molecule has 0 bridgehead atoms. The minimum Gasteiger partial charge on any atom is -0.497 e. The van der Waals surface area contributed by atoms with Crippen molar-refractivity contribution in [1.82, 2.24) is 15.1 Å². The van der Waals surface area contributed by atoms with Crippen molar-refractivity contribution in [3.05, 3.63) is 30.0 Å². The Balaban J connectivity index is 1.73. The standard InChI is InChI=1S/C16H18N4O3S/c1-4-13(15(21)19-14-7-9(2)23-20-14)24-16-17-11-6-5-10(22-3)8-12(11)18-16/h5-8,13H,4H2,1-3H3,(H,17,18)(H,19,20,21)/t13-/m0/s1. The molecular formula is C16H18N4O3S. The van der Waals surface area contributed by atoms with Crippen molar-refractivity contribution in [3.8, 4) is 5.75 Å². The fourth-order valence-electron chi connectivity index (χ4n) is 2.24. The number of thioether (sulfide) groups is 1. The second-order valence-electron chi connectivity index (χ2n) is 5.25. The van der Waals surface area contributed by atoms with Crippen molar-refractivity contribution < 1.29 is 14.1 Å². The summed E-state index contributed by atoms with van der Waals surface area (Å²) in [5.74, 6) is 1.70. The van der Waals surface area contributed by atoms with Crippen LogP contribution in [0.2, 0.25) is 0 Å². The molecule has 3 rings (SSSR count). The van der Waals surface area contributed by atoms with E-state index in [1.165, 1.54) is 11.8 Å². The maximum Gasteiger partial charge on any atom is 0.239 e. The van der Waals surface area contributed by atoms with Crippen LogP contribution in [-0.2, 0) is 4.79 Å². The summed E-state index contributed by atoms with van der Waals surface area (Å²) in [5.41, 5.74) is 1.71. The molecule has 1 amide bonds. The number of fused-ring (bicyclic) bond motifs is 1. The molecule has 2 aromatic heterocycles. The number of anilines is 1. The number of aryl methyl sites for hydroxylation is 1. The van der Waals surface area contributed by atoms with Crippen molar-refractivity contribution >= 4 is 34.5 Å². The van der Waals surface area contributed by atoms with E-state index >= 15 is 0 Å². The second-order valence-corrected chi connectivity index (χ2v) is 6.44. The topological polar surface area (TPSA) is 93.0 Å². The highest BCUT2D eigenvalue weighted by Crippen LogP contribution is 2.27. The molecule has 0 saturated carbocycles. The maximum absolute atomic E-state index is 12.4. The van der Waals surface area contributed by atoms with Gasteiger partial charge in [-0.05, 0) is 25.5 Å². The number of H-pyrrole nitrogens is 1. The predicted molar refractivity (Wildman–Crippen MR) is 92.5 cm³/mol. The van der Waals surface area contributed by atoms with Crippen LogP contribution in [0.4, 0.5) is 5.82 Å². The first-order chi connectivity index (χ1) is 11.6. The van der Waals surface area contributed by atoms with Gasteiger partial charge in [0.05, 0.1) is 23.4 Å². The number of hydrogen-bond acceptors (Lipinski definition) is 6. The highest BCUT2D eigenvalue weighted by Gasteiger charge is 2.21. The van der Waals surface area contributed by atoms with Gasteiger partial charge in [-0.3, -0.25) is 4.79 Å². The van der Waals surface area contributed by atoms with E-state index in [1.54, 1.807) is 20.1 Å². The minimum atomic E-state index is -0.288. The van der Waals surface area contributed by atoms with Crippen LogP contribution in [0.25, 0.3) is 11.0 Å². The molecule has 1 atom stereocenters. The van der Waals surface area contributed by atoms with Gasteiger partial charge in [-0.15, -0.1) is 0 Å². The van der Waals surface area contributed by atoms with Crippen LogP contribution in [0.3, 0.4) is 0 Å². The van der Waals surface area contributed by atoms with Gasteiger partial charge < -0.3 is 19.6 Å². The Bertz CT molecular complexity index is 858. The summed E-state index contributed by atoms with van der Waals surface area (Å²) in [7, 11) is 1.62. The number of nitrogens with one attached hydrogen (secondary N) is 2. The van der Waals surface area contributed by atoms with Gasteiger partial charge in [0.1, 0.15) is 11.5 Å². The number of carbonyl (C=O) groups is 1. The Morgan fingerprint density at radius 1 is 1.46 bits per heavy atom. The third-order valence-electron chi connectivity index (χ3n) is 3.46. The quantitative estimate of drug-likeness (QED) is 0.665. The monoisotopic (exact) mass is 346 g/mol. The first kappa shape index (κ1) is 16.4. The average Bonchev–Trinajstić information content (AvgIpc) is 3.16. The van der Waals surface area contributed by atoms with Crippen LogP contribution in [0, 0.1) is 6.92 Å². The van der Waals surface area contributed by atoms with E-state index in [-0.39, 0.29) is 11.2 Å². The number of aromatic amines is 1. The fraction of sp³-hybridized carbons (Fsp3) is 0.312. The van der Waals surface area contributed by atoms with Gasteiger partial charge in [-0.1, -0.05) is 23.8 Å². The number of nitrogens with zero attached hydrogens (tertiary/aromatic N) is 2. The number of methoxy groups -OCH3 is 1. The van der Waals surface area contributed by atoms with Crippen LogP contribution in [-0.4, -0.2) is 33.4 Å². The van der Waals surface area contributed by atoms with Crippen LogP contribution in [0.15, 0.2) is 33.9 Å². The van der Waals surface area contributed by atoms with E-state index in [0.29, 0.717) is 23.2 Å². The number of carbonyl (C=O) groups excluding carboxylic acids is 1. The van der Waals surface area contributed by atoms with Crippen molar-refractivity contribution in [2.24, 2.45) is 0 Å². The molecule has 2 N–H and O–H groups in total. The third kappa shape index (κ3) is 3.53. The number of hydrogen-bond donors (Lipinski definition) is 2. The van der Waals surface area contributed by atoms with Gasteiger partial charge >= 0.3 is 0 Å². The molecule has 2 heterocycles. The smallest absolute Gasteiger partial charge is 0.239 e. The molecule has 24 heavy (non-hydrogen) atoms. The van der Waals surface area contributed by atoms with E-state index < -0.39 is 0 Å². The molecular weight excluding hydrogens is 328 g/mol. The van der Waals surface area contributed by atoms with Crippen LogP contribution in [0.5, 0.6) is 5.75 Å². The zero-order valence-corrected chi connectivity index (χ0v) is 14.4. The Labute approximate surface area is 143 Å². The lowest BCUT2D eigenvalue weighted by molar-refractivity contribution is -0.115.